The van der Waals surface area contributed by atoms with E-state index in [1.165, 1.54) is 18.2 Å². The first-order chi connectivity index (χ1) is 9.11. The molecule has 1 heterocycles. The Hall–Kier alpha value is -1.85. The molecule has 1 aromatic heterocycles. The maximum Gasteiger partial charge on any atom is 0.360 e. The molecule has 0 radical (unpaired) electrons. The molecule has 1 saturated carbocycles. The minimum Gasteiger partial charge on any atom is -0.464 e. The molecule has 19 heavy (non-hydrogen) atoms. The van der Waals surface area contributed by atoms with Crippen LogP contribution >= 0.6 is 0 Å². The number of rotatable bonds is 3. The summed E-state index contributed by atoms with van der Waals surface area (Å²) in [4.78, 5) is 23.7. The quantitative estimate of drug-likeness (QED) is 0.845. The van der Waals surface area contributed by atoms with Gasteiger partial charge < -0.3 is 10.1 Å². The Labute approximate surface area is 112 Å². The molecule has 0 unspecified atom stereocenters. The monoisotopic (exact) mass is 265 g/mol. The summed E-state index contributed by atoms with van der Waals surface area (Å²) in [6.45, 7) is 0. The van der Waals surface area contributed by atoms with Crippen LogP contribution in [0.25, 0.3) is 0 Å². The fraction of sp³-hybridized carbons (Fsp3) is 0.615. The molecule has 1 N–H and O–H groups in total. The van der Waals surface area contributed by atoms with Gasteiger partial charge in [0.25, 0.3) is 0 Å². The second-order valence-corrected chi connectivity index (χ2v) is 4.88. The van der Waals surface area contributed by atoms with Gasteiger partial charge in [-0.1, -0.05) is 19.3 Å². The van der Waals surface area contributed by atoms with Crippen molar-refractivity contribution in [1.82, 2.24) is 9.78 Å². The van der Waals surface area contributed by atoms with Gasteiger partial charge in [-0.25, -0.2) is 4.79 Å². The van der Waals surface area contributed by atoms with Gasteiger partial charge in [-0.3, -0.25) is 9.48 Å². The minimum atomic E-state index is -0.542. The summed E-state index contributed by atoms with van der Waals surface area (Å²) in [5, 5.41) is 6.80. The number of ether oxygens (including phenoxy) is 1. The van der Waals surface area contributed by atoms with Crippen molar-refractivity contribution in [2.45, 2.75) is 32.1 Å². The minimum absolute atomic E-state index is 0.0298. The van der Waals surface area contributed by atoms with Crippen molar-refractivity contribution in [3.05, 3.63) is 11.9 Å². The van der Waals surface area contributed by atoms with Crippen LogP contribution < -0.4 is 5.32 Å². The average molecular weight is 265 g/mol. The molecule has 6 nitrogen and oxygen atoms in total. The van der Waals surface area contributed by atoms with E-state index >= 15 is 0 Å². The van der Waals surface area contributed by atoms with Crippen LogP contribution in [0.1, 0.15) is 42.6 Å². The zero-order chi connectivity index (χ0) is 13.8. The Bertz CT molecular complexity index is 475. The molecule has 0 spiro atoms. The maximum absolute atomic E-state index is 12.1. The Morgan fingerprint density at radius 3 is 2.68 bits per heavy atom. The molecule has 0 saturated heterocycles. The lowest BCUT2D eigenvalue weighted by molar-refractivity contribution is -0.120. The summed E-state index contributed by atoms with van der Waals surface area (Å²) in [7, 11) is 2.99. The van der Waals surface area contributed by atoms with E-state index in [0.29, 0.717) is 5.69 Å². The highest BCUT2D eigenvalue weighted by Gasteiger charge is 2.24. The molecular formula is C13H19N3O3. The Balaban J connectivity index is 2.09. The lowest BCUT2D eigenvalue weighted by Crippen LogP contribution is -2.25. The Morgan fingerprint density at radius 1 is 1.37 bits per heavy atom. The number of aromatic nitrogens is 2. The molecule has 0 atom stereocenters. The van der Waals surface area contributed by atoms with Crippen LogP contribution in [-0.2, 0) is 16.6 Å². The highest BCUT2D eigenvalue weighted by atomic mass is 16.5. The number of carbonyl (C=O) groups is 2. The molecule has 1 amide bonds. The van der Waals surface area contributed by atoms with Crippen molar-refractivity contribution in [2.75, 3.05) is 12.4 Å². The second-order valence-electron chi connectivity index (χ2n) is 4.88. The van der Waals surface area contributed by atoms with Crippen LogP contribution in [0.3, 0.4) is 0 Å². The van der Waals surface area contributed by atoms with Gasteiger partial charge in [-0.2, -0.15) is 5.10 Å². The number of methoxy groups -OCH3 is 1. The van der Waals surface area contributed by atoms with Gasteiger partial charge in [-0.15, -0.1) is 0 Å². The first-order valence-electron chi connectivity index (χ1n) is 6.54. The van der Waals surface area contributed by atoms with Gasteiger partial charge in [0.15, 0.2) is 5.69 Å². The van der Waals surface area contributed by atoms with E-state index in [2.05, 4.69) is 15.2 Å². The second kappa shape index (κ2) is 5.86. The molecule has 0 aromatic carbocycles. The van der Waals surface area contributed by atoms with Crippen LogP contribution in [-0.4, -0.2) is 28.8 Å². The number of amides is 1. The van der Waals surface area contributed by atoms with Crippen molar-refractivity contribution < 1.29 is 14.3 Å². The molecule has 1 aliphatic rings. The highest BCUT2D eigenvalue weighted by Crippen LogP contribution is 2.25. The number of hydrogen-bond acceptors (Lipinski definition) is 4. The standard InChI is InChI=1S/C13H19N3O3/c1-16-8-10(11(15-16)13(18)19-2)14-12(17)9-6-4-3-5-7-9/h8-9H,3-7H2,1-2H3,(H,14,17). The molecular weight excluding hydrogens is 246 g/mol. The summed E-state index contributed by atoms with van der Waals surface area (Å²) < 4.78 is 6.14. The average Bonchev–Trinajstić information content (AvgIpc) is 2.79. The Morgan fingerprint density at radius 2 is 2.05 bits per heavy atom. The van der Waals surface area contributed by atoms with Crippen molar-refractivity contribution in [2.24, 2.45) is 13.0 Å². The zero-order valence-corrected chi connectivity index (χ0v) is 11.3. The van der Waals surface area contributed by atoms with Crippen molar-refractivity contribution in [3.63, 3.8) is 0 Å². The largest absolute Gasteiger partial charge is 0.464 e. The van der Waals surface area contributed by atoms with Gasteiger partial charge in [0.1, 0.15) is 0 Å². The van der Waals surface area contributed by atoms with Gasteiger partial charge >= 0.3 is 5.97 Å². The third-order valence-electron chi connectivity index (χ3n) is 3.44. The van der Waals surface area contributed by atoms with E-state index in [1.807, 2.05) is 0 Å². The summed E-state index contributed by atoms with van der Waals surface area (Å²) in [6.07, 6.45) is 6.83. The SMILES string of the molecule is COC(=O)c1nn(C)cc1NC(=O)C1CCCCC1. The van der Waals surface area contributed by atoms with Gasteiger partial charge in [0.2, 0.25) is 5.91 Å². The number of anilines is 1. The normalized spacial score (nSPS) is 16.1. The smallest absolute Gasteiger partial charge is 0.360 e. The molecule has 6 heteroatoms. The molecule has 1 aliphatic carbocycles. The third kappa shape index (κ3) is 3.13. The predicted molar refractivity (Wildman–Crippen MR) is 69.8 cm³/mol. The number of esters is 1. The van der Waals surface area contributed by atoms with Crippen LogP contribution in [0, 0.1) is 5.92 Å². The van der Waals surface area contributed by atoms with Crippen molar-refractivity contribution in [1.29, 1.82) is 0 Å². The summed E-state index contributed by atoms with van der Waals surface area (Å²) >= 11 is 0. The first kappa shape index (κ1) is 13.6. The van der Waals surface area contributed by atoms with E-state index in [0.717, 1.165) is 25.7 Å². The predicted octanol–water partition coefficient (Wildman–Crippen LogP) is 1.73. The first-order valence-corrected chi connectivity index (χ1v) is 6.54. The van der Waals surface area contributed by atoms with Crippen LogP contribution in [0.2, 0.25) is 0 Å². The van der Waals surface area contributed by atoms with Crippen molar-refractivity contribution >= 4 is 17.6 Å². The van der Waals surface area contributed by atoms with E-state index in [1.54, 1.807) is 13.2 Å². The third-order valence-corrected chi connectivity index (χ3v) is 3.44. The van der Waals surface area contributed by atoms with Crippen LogP contribution in [0.15, 0.2) is 6.20 Å². The van der Waals surface area contributed by atoms with Gasteiger partial charge in [0, 0.05) is 19.2 Å². The molecule has 1 aromatic rings. The number of aryl methyl sites for hydroxylation is 1. The van der Waals surface area contributed by atoms with E-state index in [-0.39, 0.29) is 17.5 Å². The van der Waals surface area contributed by atoms with Gasteiger partial charge in [-0.05, 0) is 12.8 Å². The van der Waals surface area contributed by atoms with E-state index in [9.17, 15) is 9.59 Å². The van der Waals surface area contributed by atoms with E-state index < -0.39 is 5.97 Å². The van der Waals surface area contributed by atoms with Crippen LogP contribution in [0.4, 0.5) is 5.69 Å². The molecule has 104 valence electrons. The summed E-state index contributed by atoms with van der Waals surface area (Å²) in [5.74, 6) is -0.531. The fourth-order valence-electron chi connectivity index (χ4n) is 2.43. The lowest BCUT2D eigenvalue weighted by Gasteiger charge is -2.20. The summed E-state index contributed by atoms with van der Waals surface area (Å²) in [5.41, 5.74) is 0.569. The molecule has 0 aliphatic heterocycles. The zero-order valence-electron chi connectivity index (χ0n) is 11.3. The fourth-order valence-corrected chi connectivity index (χ4v) is 2.43. The maximum atomic E-state index is 12.1. The lowest BCUT2D eigenvalue weighted by atomic mass is 9.88. The number of nitrogens with one attached hydrogen (secondary N) is 1. The van der Waals surface area contributed by atoms with Crippen LogP contribution in [0.5, 0.6) is 0 Å². The number of carbonyl (C=O) groups excluding carboxylic acids is 2. The summed E-state index contributed by atoms with van der Waals surface area (Å²) in [6, 6.07) is 0. The molecule has 2 rings (SSSR count). The van der Waals surface area contributed by atoms with Gasteiger partial charge in [0.05, 0.1) is 12.8 Å². The number of hydrogen-bond donors (Lipinski definition) is 1. The number of nitrogens with zero attached hydrogens (tertiary/aromatic N) is 2. The Kier molecular flexibility index (Phi) is 4.19. The van der Waals surface area contributed by atoms with Crippen molar-refractivity contribution in [3.8, 4) is 0 Å². The topological polar surface area (TPSA) is 73.2 Å². The molecule has 0 bridgehead atoms. The highest BCUT2D eigenvalue weighted by molar-refractivity contribution is 6.00. The molecule has 1 fully saturated rings. The van der Waals surface area contributed by atoms with E-state index in [4.69, 9.17) is 0 Å².